The van der Waals surface area contributed by atoms with E-state index in [0.717, 1.165) is 44.9 Å². The highest BCUT2D eigenvalue weighted by Gasteiger charge is 2.11. The molecule has 6 nitrogen and oxygen atoms in total. The lowest BCUT2D eigenvalue weighted by molar-refractivity contribution is -0.384. The lowest BCUT2D eigenvalue weighted by atomic mass is 10.0. The number of H-pyrrole nitrogens is 1. The molecule has 0 aliphatic rings. The highest BCUT2D eigenvalue weighted by atomic mass is 35.5. The van der Waals surface area contributed by atoms with Gasteiger partial charge >= 0.3 is 0 Å². The lowest BCUT2D eigenvalue weighted by Gasteiger charge is -2.08. The maximum Gasteiger partial charge on any atom is 0.271 e. The third-order valence-electron chi connectivity index (χ3n) is 4.43. The Bertz CT molecular complexity index is 709. The van der Waals surface area contributed by atoms with E-state index in [0.29, 0.717) is 12.4 Å². The van der Waals surface area contributed by atoms with Crippen molar-refractivity contribution in [2.45, 2.75) is 58.8 Å². The summed E-state index contributed by atoms with van der Waals surface area (Å²) in [6.07, 6.45) is 7.30. The maximum atomic E-state index is 10.7. The average Bonchev–Trinajstić information content (AvgIpc) is 3.03. The third-order valence-corrected chi connectivity index (χ3v) is 4.73. The fourth-order valence-corrected chi connectivity index (χ4v) is 3.21. The molecule has 1 heterocycles. The predicted octanol–water partition coefficient (Wildman–Crippen LogP) is 5.28. The van der Waals surface area contributed by atoms with Crippen LogP contribution >= 0.6 is 11.6 Å². The fraction of sp³-hybridized carbons (Fsp3) is 0.526. The van der Waals surface area contributed by atoms with Crippen LogP contribution in [0.3, 0.4) is 0 Å². The van der Waals surface area contributed by atoms with Gasteiger partial charge in [-0.25, -0.2) is 0 Å². The van der Waals surface area contributed by atoms with Gasteiger partial charge in [0, 0.05) is 17.8 Å². The van der Waals surface area contributed by atoms with Crippen LogP contribution in [0, 0.1) is 10.1 Å². The van der Waals surface area contributed by atoms with Crippen LogP contribution in [0.1, 0.15) is 56.5 Å². The van der Waals surface area contributed by atoms with Crippen molar-refractivity contribution in [1.29, 1.82) is 0 Å². The summed E-state index contributed by atoms with van der Waals surface area (Å²) in [7, 11) is 0. The first-order chi connectivity index (χ1) is 12.6. The van der Waals surface area contributed by atoms with Crippen LogP contribution in [-0.2, 0) is 19.3 Å². The smallest absolute Gasteiger partial charge is 0.271 e. The van der Waals surface area contributed by atoms with Crippen molar-refractivity contribution in [3.05, 3.63) is 50.3 Å². The topological polar surface area (TPSA) is 81.0 Å². The van der Waals surface area contributed by atoms with Gasteiger partial charge in [-0.2, -0.15) is 5.10 Å². The molecular formula is C19H26ClN3O3. The molecule has 0 saturated heterocycles. The van der Waals surface area contributed by atoms with Gasteiger partial charge in [-0.3, -0.25) is 15.2 Å². The number of hydrogen-bond acceptors (Lipinski definition) is 4. The number of unbranched alkanes of at least 4 members (excludes halogenated alkanes) is 3. The molecule has 0 unspecified atom stereocenters. The quantitative estimate of drug-likeness (QED) is 0.327. The highest BCUT2D eigenvalue weighted by molar-refractivity contribution is 6.32. The van der Waals surface area contributed by atoms with Gasteiger partial charge in [0.1, 0.15) is 5.75 Å². The summed E-state index contributed by atoms with van der Waals surface area (Å²) in [5.41, 5.74) is 3.82. The Morgan fingerprint density at radius 2 is 1.96 bits per heavy atom. The fourth-order valence-electron chi connectivity index (χ4n) is 2.98. The maximum absolute atomic E-state index is 10.7. The van der Waals surface area contributed by atoms with Crippen molar-refractivity contribution in [2.24, 2.45) is 0 Å². The van der Waals surface area contributed by atoms with Crippen molar-refractivity contribution in [2.75, 3.05) is 6.61 Å². The molecule has 0 amide bonds. The second-order valence-corrected chi connectivity index (χ2v) is 6.63. The van der Waals surface area contributed by atoms with Crippen molar-refractivity contribution >= 4 is 17.3 Å². The van der Waals surface area contributed by atoms with Gasteiger partial charge in [0.15, 0.2) is 0 Å². The molecule has 26 heavy (non-hydrogen) atoms. The zero-order chi connectivity index (χ0) is 18.9. The van der Waals surface area contributed by atoms with Crippen LogP contribution in [0.2, 0.25) is 5.02 Å². The van der Waals surface area contributed by atoms with E-state index in [1.54, 1.807) is 6.07 Å². The summed E-state index contributed by atoms with van der Waals surface area (Å²) in [4.78, 5) is 10.2. The number of non-ortho nitro benzene ring substituents is 1. The van der Waals surface area contributed by atoms with Gasteiger partial charge < -0.3 is 4.74 Å². The number of aromatic amines is 1. The summed E-state index contributed by atoms with van der Waals surface area (Å²) in [6, 6.07) is 4.28. The Morgan fingerprint density at radius 3 is 2.62 bits per heavy atom. The Hall–Kier alpha value is -2.08. The minimum Gasteiger partial charge on any atom is -0.492 e. The van der Waals surface area contributed by atoms with E-state index >= 15 is 0 Å². The van der Waals surface area contributed by atoms with Crippen LogP contribution in [0.25, 0.3) is 0 Å². The summed E-state index contributed by atoms with van der Waals surface area (Å²) in [5, 5.41) is 18.5. The molecule has 7 heteroatoms. The summed E-state index contributed by atoms with van der Waals surface area (Å²) < 4.78 is 5.63. The van der Waals surface area contributed by atoms with Gasteiger partial charge in [-0.05, 0) is 43.7 Å². The molecular weight excluding hydrogens is 354 g/mol. The number of aromatic nitrogens is 2. The molecule has 142 valence electrons. The van der Waals surface area contributed by atoms with E-state index in [1.807, 2.05) is 0 Å². The molecule has 2 aromatic rings. The van der Waals surface area contributed by atoms with Gasteiger partial charge in [0.25, 0.3) is 5.69 Å². The number of nitro groups is 1. The molecule has 2 rings (SSSR count). The Labute approximate surface area is 159 Å². The van der Waals surface area contributed by atoms with E-state index in [2.05, 4.69) is 24.0 Å². The monoisotopic (exact) mass is 379 g/mol. The standard InChI is InChI=1S/C19H26ClN3O3/c1-3-17-15(18(4-2)22-21-17)9-7-5-6-8-12-26-19-11-10-14(23(24)25)13-16(19)20/h10-11,13H,3-9,12H2,1-2H3,(H,21,22). The molecule has 1 aromatic carbocycles. The van der Waals surface area contributed by atoms with E-state index in [4.69, 9.17) is 16.3 Å². The number of nitro benzene ring substituents is 1. The molecule has 0 aliphatic carbocycles. The highest BCUT2D eigenvalue weighted by Crippen LogP contribution is 2.28. The normalized spacial score (nSPS) is 10.9. The van der Waals surface area contributed by atoms with Crippen molar-refractivity contribution < 1.29 is 9.66 Å². The van der Waals surface area contributed by atoms with Crippen LogP contribution in [0.15, 0.2) is 18.2 Å². The number of halogens is 1. The molecule has 1 aromatic heterocycles. The lowest BCUT2D eigenvalue weighted by Crippen LogP contribution is -1.99. The zero-order valence-electron chi connectivity index (χ0n) is 15.4. The summed E-state index contributed by atoms with van der Waals surface area (Å²) in [6.45, 7) is 4.85. The zero-order valence-corrected chi connectivity index (χ0v) is 16.1. The number of rotatable bonds is 11. The van der Waals surface area contributed by atoms with Gasteiger partial charge in [-0.1, -0.05) is 38.3 Å². The Morgan fingerprint density at radius 1 is 1.19 bits per heavy atom. The van der Waals surface area contributed by atoms with Crippen LogP contribution < -0.4 is 4.74 Å². The van der Waals surface area contributed by atoms with Gasteiger partial charge in [0.05, 0.1) is 22.2 Å². The first kappa shape index (κ1) is 20.2. The Balaban J connectivity index is 1.67. The van der Waals surface area contributed by atoms with Crippen LogP contribution in [0.5, 0.6) is 5.75 Å². The first-order valence-corrected chi connectivity index (χ1v) is 9.56. The summed E-state index contributed by atoms with van der Waals surface area (Å²) in [5.74, 6) is 0.496. The number of ether oxygens (including phenoxy) is 1. The van der Waals surface area contributed by atoms with Crippen LogP contribution in [0.4, 0.5) is 5.69 Å². The third kappa shape index (κ3) is 5.46. The van der Waals surface area contributed by atoms with E-state index < -0.39 is 4.92 Å². The SMILES string of the molecule is CCc1n[nH]c(CC)c1CCCCCCOc1ccc([N+](=O)[O-])cc1Cl. The molecule has 0 radical (unpaired) electrons. The molecule has 1 N–H and O–H groups in total. The number of aryl methyl sites for hydroxylation is 2. The first-order valence-electron chi connectivity index (χ1n) is 9.18. The second-order valence-electron chi connectivity index (χ2n) is 6.22. The van der Waals surface area contributed by atoms with E-state index in [-0.39, 0.29) is 10.7 Å². The van der Waals surface area contributed by atoms with Gasteiger partial charge in [0.2, 0.25) is 0 Å². The van der Waals surface area contributed by atoms with Gasteiger partial charge in [-0.15, -0.1) is 0 Å². The molecule has 0 spiro atoms. The van der Waals surface area contributed by atoms with E-state index in [9.17, 15) is 10.1 Å². The Kier molecular flexibility index (Phi) is 7.91. The van der Waals surface area contributed by atoms with Crippen molar-refractivity contribution in [3.8, 4) is 5.75 Å². The molecule has 0 fully saturated rings. The molecule has 0 saturated carbocycles. The van der Waals surface area contributed by atoms with Crippen molar-refractivity contribution in [3.63, 3.8) is 0 Å². The number of hydrogen-bond donors (Lipinski definition) is 1. The van der Waals surface area contributed by atoms with Crippen molar-refractivity contribution in [1.82, 2.24) is 10.2 Å². The minimum atomic E-state index is -0.469. The average molecular weight is 380 g/mol. The number of benzene rings is 1. The second kappa shape index (κ2) is 10.2. The molecule has 0 aliphatic heterocycles. The number of nitrogens with zero attached hydrogens (tertiary/aromatic N) is 2. The van der Waals surface area contributed by atoms with E-state index in [1.165, 1.54) is 29.1 Å². The van der Waals surface area contributed by atoms with Crippen LogP contribution in [-0.4, -0.2) is 21.7 Å². The largest absolute Gasteiger partial charge is 0.492 e. The number of nitrogens with one attached hydrogen (secondary N) is 1. The molecule has 0 atom stereocenters. The molecule has 0 bridgehead atoms. The summed E-state index contributed by atoms with van der Waals surface area (Å²) >= 11 is 6.01. The predicted molar refractivity (Wildman–Crippen MR) is 103 cm³/mol. The minimum absolute atomic E-state index is 0.0282.